The largest absolute Gasteiger partial charge is 0.380 e. The van der Waals surface area contributed by atoms with Gasteiger partial charge in [0.15, 0.2) is 0 Å². The fourth-order valence-electron chi connectivity index (χ4n) is 3.81. The summed E-state index contributed by atoms with van der Waals surface area (Å²) in [6, 6.07) is 9.54. The summed E-state index contributed by atoms with van der Waals surface area (Å²) >= 11 is 0. The number of hydrogen-bond acceptors (Lipinski definition) is 4. The summed E-state index contributed by atoms with van der Waals surface area (Å²) in [5.41, 5.74) is 8.62. The van der Waals surface area contributed by atoms with Crippen molar-refractivity contribution in [1.82, 2.24) is 4.90 Å². The van der Waals surface area contributed by atoms with Crippen LogP contribution in [-0.2, 0) is 16.1 Å². The number of benzene rings is 1. The lowest BCUT2D eigenvalue weighted by molar-refractivity contribution is -0.0711. The third-order valence-corrected chi connectivity index (χ3v) is 4.82. The predicted molar refractivity (Wildman–Crippen MR) is 83.0 cm³/mol. The van der Waals surface area contributed by atoms with Gasteiger partial charge in [0.2, 0.25) is 0 Å². The van der Waals surface area contributed by atoms with Gasteiger partial charge in [0.05, 0.1) is 19.3 Å². The van der Waals surface area contributed by atoms with Crippen LogP contribution in [0.5, 0.6) is 0 Å². The molecule has 1 saturated heterocycles. The van der Waals surface area contributed by atoms with Crippen LogP contribution in [0.3, 0.4) is 0 Å². The Morgan fingerprint density at radius 3 is 2.86 bits per heavy atom. The molecule has 21 heavy (non-hydrogen) atoms. The number of ether oxygens (including phenoxy) is 2. The quantitative estimate of drug-likeness (QED) is 0.902. The maximum atomic E-state index is 6.11. The molecule has 0 amide bonds. The van der Waals surface area contributed by atoms with Gasteiger partial charge >= 0.3 is 0 Å². The Labute approximate surface area is 127 Å². The van der Waals surface area contributed by atoms with E-state index >= 15 is 0 Å². The summed E-state index contributed by atoms with van der Waals surface area (Å²) in [7, 11) is 1.73. The molecule has 2 aliphatic rings. The van der Waals surface area contributed by atoms with E-state index < -0.39 is 0 Å². The molecule has 1 heterocycles. The van der Waals surface area contributed by atoms with E-state index in [0.717, 1.165) is 13.2 Å². The summed E-state index contributed by atoms with van der Waals surface area (Å²) in [6.45, 7) is 3.14. The second kappa shape index (κ2) is 6.88. The van der Waals surface area contributed by atoms with Gasteiger partial charge < -0.3 is 15.2 Å². The van der Waals surface area contributed by atoms with Gasteiger partial charge in [-0.1, -0.05) is 24.3 Å². The van der Waals surface area contributed by atoms with Crippen LogP contribution in [0.4, 0.5) is 0 Å². The molecule has 1 aromatic rings. The first-order valence-electron chi connectivity index (χ1n) is 7.98. The first-order chi connectivity index (χ1) is 10.3. The maximum Gasteiger partial charge on any atom is 0.0731 e. The van der Waals surface area contributed by atoms with Gasteiger partial charge in [-0.25, -0.2) is 0 Å². The smallest absolute Gasteiger partial charge is 0.0731 e. The average molecular weight is 290 g/mol. The zero-order chi connectivity index (χ0) is 14.7. The van der Waals surface area contributed by atoms with Gasteiger partial charge in [-0.05, 0) is 30.4 Å². The van der Waals surface area contributed by atoms with Gasteiger partial charge in [-0.15, -0.1) is 0 Å². The van der Waals surface area contributed by atoms with Crippen molar-refractivity contribution in [2.24, 2.45) is 5.73 Å². The average Bonchev–Trinajstić information content (AvgIpc) is 2.99. The third kappa shape index (κ3) is 3.14. The Morgan fingerprint density at radius 2 is 2.14 bits per heavy atom. The van der Waals surface area contributed by atoms with Crippen molar-refractivity contribution in [3.8, 4) is 0 Å². The van der Waals surface area contributed by atoms with Crippen LogP contribution in [0.15, 0.2) is 24.3 Å². The molecule has 4 heteroatoms. The van der Waals surface area contributed by atoms with Crippen LogP contribution in [0.1, 0.15) is 36.4 Å². The molecule has 1 saturated carbocycles. The fourth-order valence-corrected chi connectivity index (χ4v) is 3.81. The van der Waals surface area contributed by atoms with E-state index in [4.69, 9.17) is 15.2 Å². The minimum Gasteiger partial charge on any atom is -0.380 e. The van der Waals surface area contributed by atoms with Gasteiger partial charge in [0, 0.05) is 32.3 Å². The first-order valence-corrected chi connectivity index (χ1v) is 7.98. The lowest BCUT2D eigenvalue weighted by Crippen LogP contribution is -2.51. The molecular formula is C17H26N2O2. The Kier molecular flexibility index (Phi) is 4.91. The third-order valence-electron chi connectivity index (χ3n) is 4.82. The predicted octanol–water partition coefficient (Wildman–Crippen LogP) is 2.09. The van der Waals surface area contributed by atoms with E-state index in [1.165, 1.54) is 30.4 Å². The molecule has 2 fully saturated rings. The first kappa shape index (κ1) is 15.0. The Bertz CT molecular complexity index is 449. The van der Waals surface area contributed by atoms with E-state index in [1.54, 1.807) is 7.11 Å². The van der Waals surface area contributed by atoms with E-state index in [9.17, 15) is 0 Å². The highest BCUT2D eigenvalue weighted by molar-refractivity contribution is 5.25. The molecule has 116 valence electrons. The number of nitrogens with two attached hydrogens (primary N) is 1. The highest BCUT2D eigenvalue weighted by Crippen LogP contribution is 2.35. The van der Waals surface area contributed by atoms with Crippen molar-refractivity contribution >= 4 is 0 Å². The van der Waals surface area contributed by atoms with Crippen molar-refractivity contribution < 1.29 is 9.47 Å². The second-order valence-corrected chi connectivity index (χ2v) is 6.07. The molecule has 3 unspecified atom stereocenters. The molecule has 2 N–H and O–H groups in total. The molecule has 1 aliphatic carbocycles. The molecule has 0 aromatic heterocycles. The van der Waals surface area contributed by atoms with Crippen LogP contribution >= 0.6 is 0 Å². The van der Waals surface area contributed by atoms with Gasteiger partial charge in [0.1, 0.15) is 0 Å². The molecule has 0 spiro atoms. The van der Waals surface area contributed by atoms with Crippen molar-refractivity contribution in [2.75, 3.05) is 26.8 Å². The normalized spacial score (nSPS) is 27.5. The molecule has 1 aromatic carbocycles. The molecule has 4 nitrogen and oxygen atoms in total. The van der Waals surface area contributed by atoms with Gasteiger partial charge in [-0.3, -0.25) is 4.90 Å². The van der Waals surface area contributed by atoms with Crippen LogP contribution in [0.2, 0.25) is 0 Å². The molecular weight excluding hydrogens is 264 g/mol. The van der Waals surface area contributed by atoms with Crippen molar-refractivity contribution in [2.45, 2.75) is 44.1 Å². The van der Waals surface area contributed by atoms with E-state index in [2.05, 4.69) is 29.2 Å². The molecule has 1 aliphatic heterocycles. The molecule has 0 radical (unpaired) electrons. The lowest BCUT2D eigenvalue weighted by Gasteiger charge is -2.42. The number of morpholine rings is 1. The van der Waals surface area contributed by atoms with Crippen LogP contribution < -0.4 is 5.73 Å². The van der Waals surface area contributed by atoms with E-state index in [0.29, 0.717) is 31.3 Å². The Balaban J connectivity index is 1.77. The van der Waals surface area contributed by atoms with Crippen molar-refractivity contribution in [3.63, 3.8) is 0 Å². The lowest BCUT2D eigenvalue weighted by atomic mass is 9.99. The summed E-state index contributed by atoms with van der Waals surface area (Å²) in [6.07, 6.45) is 4.13. The Morgan fingerprint density at radius 1 is 1.33 bits per heavy atom. The van der Waals surface area contributed by atoms with Crippen LogP contribution in [0.25, 0.3) is 0 Å². The molecule has 3 atom stereocenters. The number of hydrogen-bond donors (Lipinski definition) is 1. The van der Waals surface area contributed by atoms with E-state index in [-0.39, 0.29) is 0 Å². The number of rotatable bonds is 5. The summed E-state index contributed by atoms with van der Waals surface area (Å²) in [5, 5.41) is 0. The standard InChI is InChI=1S/C17H26N2O2/c1-20-12-13-5-7-14(8-6-13)16(11-18)19-9-10-21-17-4-2-3-15(17)19/h5-8,15-17H,2-4,9-12,18H2,1H3. The number of nitrogens with zero attached hydrogens (tertiary/aromatic N) is 1. The molecule has 3 rings (SSSR count). The van der Waals surface area contributed by atoms with E-state index in [1.807, 2.05) is 0 Å². The topological polar surface area (TPSA) is 47.7 Å². The zero-order valence-electron chi connectivity index (χ0n) is 12.8. The zero-order valence-corrected chi connectivity index (χ0v) is 12.8. The van der Waals surface area contributed by atoms with Crippen molar-refractivity contribution in [3.05, 3.63) is 35.4 Å². The maximum absolute atomic E-state index is 6.11. The minimum atomic E-state index is 0.302. The van der Waals surface area contributed by atoms with Crippen molar-refractivity contribution in [1.29, 1.82) is 0 Å². The minimum absolute atomic E-state index is 0.302. The fraction of sp³-hybridized carbons (Fsp3) is 0.647. The number of methoxy groups -OCH3 is 1. The monoisotopic (exact) mass is 290 g/mol. The highest BCUT2D eigenvalue weighted by Gasteiger charge is 2.39. The molecule has 0 bridgehead atoms. The summed E-state index contributed by atoms with van der Waals surface area (Å²) < 4.78 is 11.1. The van der Waals surface area contributed by atoms with Gasteiger partial charge in [-0.2, -0.15) is 0 Å². The second-order valence-electron chi connectivity index (χ2n) is 6.07. The highest BCUT2D eigenvalue weighted by atomic mass is 16.5. The SMILES string of the molecule is COCc1ccc(C(CN)N2CCOC3CCCC32)cc1. The van der Waals surface area contributed by atoms with Gasteiger partial charge in [0.25, 0.3) is 0 Å². The summed E-state index contributed by atoms with van der Waals surface area (Å²) in [5.74, 6) is 0. The summed E-state index contributed by atoms with van der Waals surface area (Å²) in [4.78, 5) is 2.58. The van der Waals surface area contributed by atoms with Crippen LogP contribution in [0, 0.1) is 0 Å². The number of fused-ring (bicyclic) bond motifs is 1. The Hall–Kier alpha value is -0.940. The van der Waals surface area contributed by atoms with Crippen LogP contribution in [-0.4, -0.2) is 43.9 Å².